The van der Waals surface area contributed by atoms with Crippen LogP contribution in [0, 0.1) is 0 Å². The van der Waals surface area contributed by atoms with Crippen LogP contribution in [0.1, 0.15) is 107 Å². The van der Waals surface area contributed by atoms with E-state index in [2.05, 4.69) is 26.0 Å². The number of likely N-dealkylation sites (tertiary alicyclic amines) is 1. The molecule has 6 N–H and O–H groups in total. The molecule has 0 bridgehead atoms. The van der Waals surface area contributed by atoms with Gasteiger partial charge in [-0.2, -0.15) is 0 Å². The number of rotatable bonds is 34. The van der Waals surface area contributed by atoms with Crippen LogP contribution in [0.2, 0.25) is 0 Å². The number of hydrogen-bond acceptors (Lipinski definition) is 16. The largest absolute Gasteiger partial charge is 0.447 e. The Morgan fingerprint density at radius 3 is 1.95 bits per heavy atom. The Morgan fingerprint density at radius 2 is 1.38 bits per heavy atom. The van der Waals surface area contributed by atoms with Crippen molar-refractivity contribution < 1.29 is 62.2 Å². The Kier molecular flexibility index (Phi) is 26.5. The van der Waals surface area contributed by atoms with E-state index in [1.54, 1.807) is 14.2 Å². The highest BCUT2D eigenvalue weighted by Crippen LogP contribution is 2.23. The second kappa shape index (κ2) is 28.8. The van der Waals surface area contributed by atoms with Gasteiger partial charge in [0.25, 0.3) is 0 Å². The van der Waals surface area contributed by atoms with Gasteiger partial charge in [-0.15, -0.1) is 0 Å². The Morgan fingerprint density at radius 1 is 0.787 bits per heavy atom. The minimum absolute atomic E-state index is 0.0958. The number of aliphatic hydroxyl groups is 1. The van der Waals surface area contributed by atoms with Crippen molar-refractivity contribution >= 4 is 41.9 Å². The van der Waals surface area contributed by atoms with E-state index in [1.165, 1.54) is 16.8 Å². The number of alkyl carbamates (subject to hydrolysis) is 2. The van der Waals surface area contributed by atoms with Crippen molar-refractivity contribution in [1.82, 2.24) is 30.9 Å². The summed E-state index contributed by atoms with van der Waals surface area (Å²) in [6.07, 6.45) is -0.632. The fourth-order valence-electron chi connectivity index (χ4n) is 5.29. The van der Waals surface area contributed by atoms with Gasteiger partial charge in [-0.05, 0) is 81.1 Å². The number of carbonyl (C=O) groups excluding carboxylic acids is 5. The summed E-state index contributed by atoms with van der Waals surface area (Å²) in [4.78, 5) is 63.5. The topological polar surface area (TPSA) is 234 Å². The van der Waals surface area contributed by atoms with Crippen molar-refractivity contribution in [2.24, 2.45) is 0 Å². The van der Waals surface area contributed by atoms with Crippen molar-refractivity contribution in [3.05, 3.63) is 0 Å². The molecular formula is C41H78N6O13S. The van der Waals surface area contributed by atoms with Crippen molar-refractivity contribution in [1.29, 1.82) is 0 Å². The van der Waals surface area contributed by atoms with E-state index in [1.807, 2.05) is 62.3 Å². The third-order valence-corrected chi connectivity index (χ3v) is 10.9. The number of carbonyl (C=O) groups is 5. The maximum Gasteiger partial charge on any atom is 0.407 e. The van der Waals surface area contributed by atoms with E-state index < -0.39 is 46.6 Å². The maximum absolute atomic E-state index is 12.6. The molecule has 1 saturated heterocycles. The van der Waals surface area contributed by atoms with Gasteiger partial charge in [0.15, 0.2) is 0 Å². The monoisotopic (exact) mass is 895 g/mol. The molecule has 5 amide bonds. The van der Waals surface area contributed by atoms with E-state index in [0.717, 1.165) is 0 Å². The molecule has 1 aliphatic rings. The summed E-state index contributed by atoms with van der Waals surface area (Å²) in [7, 11) is 3.28. The van der Waals surface area contributed by atoms with E-state index >= 15 is 0 Å². The number of nitrogens with one attached hydrogen (secondary N) is 5. The second-order valence-corrected chi connectivity index (χ2v) is 18.4. The van der Waals surface area contributed by atoms with Crippen LogP contribution in [-0.4, -0.2) is 166 Å². The first-order valence-corrected chi connectivity index (χ1v) is 22.1. The lowest BCUT2D eigenvalue weighted by Gasteiger charge is -2.31. The number of methoxy groups -OCH3 is 2. The molecule has 0 radical (unpaired) electrons. The number of aliphatic hydroxyl groups excluding tert-OH is 1. The second-order valence-electron chi connectivity index (χ2n) is 17.3. The molecule has 0 aliphatic carbocycles. The molecule has 0 aromatic heterocycles. The molecule has 0 spiro atoms. The van der Waals surface area contributed by atoms with Gasteiger partial charge in [0.05, 0.1) is 35.6 Å². The molecule has 0 aromatic rings. The van der Waals surface area contributed by atoms with Crippen LogP contribution in [0.25, 0.3) is 0 Å². The van der Waals surface area contributed by atoms with Gasteiger partial charge < -0.3 is 54.2 Å². The lowest BCUT2D eigenvalue weighted by molar-refractivity contribution is -0.138. The van der Waals surface area contributed by atoms with E-state index in [9.17, 15) is 29.1 Å². The quantitative estimate of drug-likeness (QED) is 0.0236. The zero-order valence-corrected chi connectivity index (χ0v) is 39.5. The molecule has 1 heterocycles. The molecule has 19 nitrogen and oxygen atoms in total. The van der Waals surface area contributed by atoms with Crippen LogP contribution in [0.4, 0.5) is 9.59 Å². The predicted octanol–water partition coefficient (Wildman–Crippen LogP) is 3.01. The molecular weight excluding hydrogens is 817 g/mol. The van der Waals surface area contributed by atoms with Crippen molar-refractivity contribution in [3.63, 3.8) is 0 Å². The Labute approximate surface area is 367 Å². The Bertz CT molecular complexity index is 1320. The number of amides is 5. The van der Waals surface area contributed by atoms with Gasteiger partial charge in [-0.25, -0.2) is 9.59 Å². The molecule has 356 valence electrons. The fraction of sp³-hybridized carbons (Fsp3) is 0.878. The van der Waals surface area contributed by atoms with Gasteiger partial charge in [0.1, 0.15) is 30.8 Å². The van der Waals surface area contributed by atoms with Gasteiger partial charge in [-0.1, -0.05) is 18.9 Å². The molecule has 1 aliphatic heterocycles. The van der Waals surface area contributed by atoms with Gasteiger partial charge >= 0.3 is 12.2 Å². The molecule has 20 heteroatoms. The summed E-state index contributed by atoms with van der Waals surface area (Å²) >= 11 is 1.24. The van der Waals surface area contributed by atoms with Crippen molar-refractivity contribution in [2.45, 2.75) is 147 Å². The first-order chi connectivity index (χ1) is 28.5. The summed E-state index contributed by atoms with van der Waals surface area (Å²) in [5, 5.41) is 20.9. The lowest BCUT2D eigenvalue weighted by Crippen LogP contribution is -2.40. The summed E-state index contributed by atoms with van der Waals surface area (Å²) in [5.41, 5.74) is -1.78. The van der Waals surface area contributed by atoms with E-state index in [4.69, 9.17) is 33.2 Å². The molecule has 1 fully saturated rings. The van der Waals surface area contributed by atoms with Gasteiger partial charge in [0.2, 0.25) is 17.7 Å². The minimum Gasteiger partial charge on any atom is -0.447 e. The Balaban J connectivity index is 2.53. The first-order valence-electron chi connectivity index (χ1n) is 21.3. The average molecular weight is 895 g/mol. The SMILES string of the molecule is CCNSC1CC(=O)N(CCC(O)NCCNC(=O)CCCOC(COC(=O)NCCC(C)(C)OCCC(C)(C)OC)COC(=O)NCCC(C)(C)OCC(C)(C)OC)C1=O. The first kappa shape index (κ1) is 56.2. The highest BCUT2D eigenvalue weighted by atomic mass is 32.2. The van der Waals surface area contributed by atoms with Crippen molar-refractivity contribution in [2.75, 3.05) is 86.5 Å². The minimum atomic E-state index is -0.971. The zero-order valence-electron chi connectivity index (χ0n) is 38.7. The Hall–Kier alpha value is -2.82. The molecule has 61 heavy (non-hydrogen) atoms. The average Bonchev–Trinajstić information content (AvgIpc) is 3.46. The molecule has 0 saturated carbocycles. The fourth-order valence-corrected chi connectivity index (χ4v) is 6.11. The lowest BCUT2D eigenvalue weighted by atomic mass is 10.0. The number of imide groups is 1. The van der Waals surface area contributed by atoms with Gasteiger partial charge in [-0.3, -0.25) is 29.3 Å². The van der Waals surface area contributed by atoms with Crippen molar-refractivity contribution in [3.8, 4) is 0 Å². The molecule has 3 unspecified atom stereocenters. The standard InChI is InChI=1S/C41H78N6O13S/c1-12-46-61-31-26-34(50)47(35(31)51)23-15-33(49)43-22-21-42-32(48)14-13-24-56-30(28-58-37(53)45-20-17-40(6,7)60-29-41(8,9)55-11)27-57-36(52)44-19-16-39(4,5)59-25-18-38(2,3)54-10/h30-31,33,43,46,49H,12-29H2,1-11H3,(H,42,48)(H,44,52)(H,45,53). The normalized spacial score (nSPS) is 16.1. The summed E-state index contributed by atoms with van der Waals surface area (Å²) in [6.45, 7) is 19.9. The molecule has 0 aromatic carbocycles. The van der Waals surface area contributed by atoms with Crippen LogP contribution in [-0.2, 0) is 47.5 Å². The maximum atomic E-state index is 12.6. The highest BCUT2D eigenvalue weighted by Gasteiger charge is 2.39. The smallest absolute Gasteiger partial charge is 0.407 e. The van der Waals surface area contributed by atoms with Crippen LogP contribution in [0.3, 0.4) is 0 Å². The predicted molar refractivity (Wildman–Crippen MR) is 232 cm³/mol. The van der Waals surface area contributed by atoms with E-state index in [0.29, 0.717) is 52.0 Å². The zero-order chi connectivity index (χ0) is 46.1. The third kappa shape index (κ3) is 26.4. The summed E-state index contributed by atoms with van der Waals surface area (Å²) in [5.74, 6) is -0.772. The third-order valence-electron chi connectivity index (χ3n) is 9.83. The highest BCUT2D eigenvalue weighted by molar-refractivity contribution is 7.98. The number of hydrogen-bond donors (Lipinski definition) is 6. The van der Waals surface area contributed by atoms with Gasteiger partial charge in [0, 0.05) is 79.4 Å². The van der Waals surface area contributed by atoms with E-state index in [-0.39, 0.29) is 88.6 Å². The van der Waals surface area contributed by atoms with Crippen LogP contribution < -0.4 is 26.0 Å². The van der Waals surface area contributed by atoms with Crippen LogP contribution in [0.5, 0.6) is 0 Å². The summed E-state index contributed by atoms with van der Waals surface area (Å²) < 4.78 is 42.5. The van der Waals surface area contributed by atoms with Crippen LogP contribution >= 0.6 is 11.9 Å². The molecule has 3 atom stereocenters. The van der Waals surface area contributed by atoms with Crippen LogP contribution in [0.15, 0.2) is 0 Å². The number of nitrogens with zero attached hydrogens (tertiary/aromatic N) is 1. The summed E-state index contributed by atoms with van der Waals surface area (Å²) in [6, 6.07) is 0. The molecule has 1 rings (SSSR count). The number of ether oxygens (including phenoxy) is 7.